The van der Waals surface area contributed by atoms with Crippen molar-refractivity contribution < 1.29 is 14.6 Å². The second kappa shape index (κ2) is 5.56. The highest BCUT2D eigenvalue weighted by atomic mass is 16.5. The average Bonchev–Trinajstić information content (AvgIpc) is 2.40. The SMILES string of the molecule is Cc1ccc(Oc2ncccc2C(=O)O)c(C(C)(C)C)c1. The molecule has 0 aliphatic rings. The van der Waals surface area contributed by atoms with Gasteiger partial charge in [0.25, 0.3) is 0 Å². The van der Waals surface area contributed by atoms with Crippen LogP contribution in [0.25, 0.3) is 0 Å². The summed E-state index contributed by atoms with van der Waals surface area (Å²) in [5.74, 6) is -0.309. The van der Waals surface area contributed by atoms with E-state index in [0.29, 0.717) is 5.75 Å². The number of carboxylic acid groups (broad SMARTS) is 1. The lowest BCUT2D eigenvalue weighted by molar-refractivity contribution is 0.0693. The van der Waals surface area contributed by atoms with Gasteiger partial charge in [-0.2, -0.15) is 0 Å². The average molecular weight is 285 g/mol. The van der Waals surface area contributed by atoms with Gasteiger partial charge < -0.3 is 9.84 Å². The highest BCUT2D eigenvalue weighted by Gasteiger charge is 2.21. The third-order valence-corrected chi connectivity index (χ3v) is 3.15. The number of carbonyl (C=O) groups is 1. The number of pyridine rings is 1. The third-order valence-electron chi connectivity index (χ3n) is 3.15. The molecule has 4 nitrogen and oxygen atoms in total. The summed E-state index contributed by atoms with van der Waals surface area (Å²) in [5, 5.41) is 9.20. The molecule has 1 heterocycles. The molecular formula is C17H19NO3. The summed E-state index contributed by atoms with van der Waals surface area (Å²) < 4.78 is 5.79. The van der Waals surface area contributed by atoms with Crippen molar-refractivity contribution in [2.24, 2.45) is 0 Å². The molecule has 0 atom stereocenters. The van der Waals surface area contributed by atoms with Crippen molar-refractivity contribution in [1.82, 2.24) is 4.98 Å². The fraction of sp³-hybridized carbons (Fsp3) is 0.294. The van der Waals surface area contributed by atoms with Gasteiger partial charge >= 0.3 is 5.97 Å². The Morgan fingerprint density at radius 3 is 2.57 bits per heavy atom. The second-order valence-corrected chi connectivity index (χ2v) is 6.01. The van der Waals surface area contributed by atoms with Gasteiger partial charge in [-0.05, 0) is 30.5 Å². The molecule has 1 aromatic heterocycles. The summed E-state index contributed by atoms with van der Waals surface area (Å²) in [6, 6.07) is 8.91. The van der Waals surface area contributed by atoms with Crippen LogP contribution in [0.3, 0.4) is 0 Å². The molecule has 0 spiro atoms. The lowest BCUT2D eigenvalue weighted by atomic mass is 9.85. The fourth-order valence-corrected chi connectivity index (χ4v) is 2.06. The van der Waals surface area contributed by atoms with E-state index in [0.717, 1.165) is 11.1 Å². The predicted octanol–water partition coefficient (Wildman–Crippen LogP) is 4.18. The van der Waals surface area contributed by atoms with Crippen LogP contribution in [0.1, 0.15) is 42.3 Å². The number of rotatable bonds is 3. The van der Waals surface area contributed by atoms with Crippen molar-refractivity contribution in [1.29, 1.82) is 0 Å². The number of aromatic nitrogens is 1. The zero-order chi connectivity index (χ0) is 15.6. The summed E-state index contributed by atoms with van der Waals surface area (Å²) in [4.78, 5) is 15.3. The molecule has 0 saturated carbocycles. The molecule has 2 aromatic rings. The molecule has 0 aliphatic heterocycles. The quantitative estimate of drug-likeness (QED) is 0.919. The highest BCUT2D eigenvalue weighted by molar-refractivity contribution is 5.90. The maximum atomic E-state index is 11.2. The standard InChI is InChI=1S/C17H19NO3/c1-11-7-8-14(13(10-11)17(2,3)4)21-15-12(16(19)20)6-5-9-18-15/h5-10H,1-4H3,(H,19,20). The van der Waals surface area contributed by atoms with Crippen LogP contribution in [0, 0.1) is 6.92 Å². The van der Waals surface area contributed by atoms with Crippen molar-refractivity contribution in [2.45, 2.75) is 33.1 Å². The van der Waals surface area contributed by atoms with E-state index in [1.165, 1.54) is 12.3 Å². The lowest BCUT2D eigenvalue weighted by Gasteiger charge is -2.23. The Balaban J connectivity index is 2.48. The van der Waals surface area contributed by atoms with Crippen LogP contribution >= 0.6 is 0 Å². The molecule has 0 fully saturated rings. The van der Waals surface area contributed by atoms with Crippen LogP contribution in [-0.2, 0) is 5.41 Å². The van der Waals surface area contributed by atoms with Gasteiger partial charge in [0.1, 0.15) is 11.3 Å². The molecule has 0 amide bonds. The minimum Gasteiger partial charge on any atom is -0.477 e. The van der Waals surface area contributed by atoms with Crippen molar-refractivity contribution >= 4 is 5.97 Å². The summed E-state index contributed by atoms with van der Waals surface area (Å²) >= 11 is 0. The maximum absolute atomic E-state index is 11.2. The maximum Gasteiger partial charge on any atom is 0.341 e. The molecular weight excluding hydrogens is 266 g/mol. The minimum atomic E-state index is -1.05. The van der Waals surface area contributed by atoms with Crippen LogP contribution in [0.15, 0.2) is 36.5 Å². The van der Waals surface area contributed by atoms with Crippen LogP contribution in [0.4, 0.5) is 0 Å². The van der Waals surface area contributed by atoms with Gasteiger partial charge in [0.05, 0.1) is 0 Å². The molecule has 21 heavy (non-hydrogen) atoms. The van der Waals surface area contributed by atoms with Crippen molar-refractivity contribution in [2.75, 3.05) is 0 Å². The van der Waals surface area contributed by atoms with Gasteiger partial charge in [-0.15, -0.1) is 0 Å². The van der Waals surface area contributed by atoms with Gasteiger partial charge in [-0.25, -0.2) is 9.78 Å². The molecule has 4 heteroatoms. The first-order chi connectivity index (χ1) is 9.79. The Labute approximate surface area is 124 Å². The van der Waals surface area contributed by atoms with Gasteiger partial charge in [-0.3, -0.25) is 0 Å². The number of hydrogen-bond donors (Lipinski definition) is 1. The molecule has 0 radical (unpaired) electrons. The fourth-order valence-electron chi connectivity index (χ4n) is 2.06. The lowest BCUT2D eigenvalue weighted by Crippen LogP contribution is -2.13. The number of nitrogens with zero attached hydrogens (tertiary/aromatic N) is 1. The topological polar surface area (TPSA) is 59.4 Å². The first-order valence-electron chi connectivity index (χ1n) is 6.76. The van der Waals surface area contributed by atoms with Crippen LogP contribution in [0.2, 0.25) is 0 Å². The summed E-state index contributed by atoms with van der Waals surface area (Å²) in [7, 11) is 0. The normalized spacial score (nSPS) is 11.2. The Morgan fingerprint density at radius 1 is 1.24 bits per heavy atom. The van der Waals surface area contributed by atoms with Gasteiger partial charge in [-0.1, -0.05) is 38.5 Å². The number of benzene rings is 1. The molecule has 0 unspecified atom stereocenters. The molecule has 1 N–H and O–H groups in total. The molecule has 110 valence electrons. The second-order valence-electron chi connectivity index (χ2n) is 6.01. The Kier molecular flexibility index (Phi) is 3.98. The zero-order valence-electron chi connectivity index (χ0n) is 12.7. The van der Waals surface area contributed by atoms with Gasteiger partial charge in [0.2, 0.25) is 5.88 Å². The van der Waals surface area contributed by atoms with Crippen molar-refractivity contribution in [3.05, 3.63) is 53.2 Å². The first kappa shape index (κ1) is 15.0. The van der Waals surface area contributed by atoms with E-state index in [2.05, 4.69) is 31.8 Å². The number of aromatic carboxylic acids is 1. The molecule has 0 bridgehead atoms. The van der Waals surface area contributed by atoms with E-state index in [4.69, 9.17) is 4.74 Å². The Bertz CT molecular complexity index is 672. The summed E-state index contributed by atoms with van der Waals surface area (Å²) in [6.45, 7) is 8.28. The van der Waals surface area contributed by atoms with E-state index in [9.17, 15) is 9.90 Å². The van der Waals surface area contributed by atoms with Crippen LogP contribution < -0.4 is 4.74 Å². The van der Waals surface area contributed by atoms with E-state index in [1.807, 2.05) is 19.1 Å². The van der Waals surface area contributed by atoms with E-state index in [-0.39, 0.29) is 16.9 Å². The largest absolute Gasteiger partial charge is 0.477 e. The van der Waals surface area contributed by atoms with E-state index >= 15 is 0 Å². The number of ether oxygens (including phenoxy) is 1. The van der Waals surface area contributed by atoms with Crippen molar-refractivity contribution in [3.8, 4) is 11.6 Å². The minimum absolute atomic E-state index is 0.0536. The zero-order valence-corrected chi connectivity index (χ0v) is 12.7. The predicted molar refractivity (Wildman–Crippen MR) is 81.1 cm³/mol. The number of hydrogen-bond acceptors (Lipinski definition) is 3. The smallest absolute Gasteiger partial charge is 0.341 e. The van der Waals surface area contributed by atoms with E-state index < -0.39 is 5.97 Å². The monoisotopic (exact) mass is 285 g/mol. The Hall–Kier alpha value is -2.36. The highest BCUT2D eigenvalue weighted by Crippen LogP contribution is 2.35. The van der Waals surface area contributed by atoms with E-state index in [1.54, 1.807) is 6.07 Å². The van der Waals surface area contributed by atoms with Gasteiger partial charge in [0, 0.05) is 11.8 Å². The molecule has 0 saturated heterocycles. The third kappa shape index (κ3) is 3.40. The number of aryl methyl sites for hydroxylation is 1. The summed E-state index contributed by atoms with van der Waals surface area (Å²) in [6.07, 6.45) is 1.52. The van der Waals surface area contributed by atoms with Gasteiger partial charge in [0.15, 0.2) is 0 Å². The van der Waals surface area contributed by atoms with Crippen molar-refractivity contribution in [3.63, 3.8) is 0 Å². The van der Waals surface area contributed by atoms with Crippen LogP contribution in [0.5, 0.6) is 11.6 Å². The first-order valence-corrected chi connectivity index (χ1v) is 6.76. The molecule has 0 aliphatic carbocycles. The Morgan fingerprint density at radius 2 is 1.95 bits per heavy atom. The number of carboxylic acids is 1. The molecule has 2 rings (SSSR count). The summed E-state index contributed by atoms with van der Waals surface area (Å²) in [5.41, 5.74) is 2.09. The molecule has 1 aromatic carbocycles. The van der Waals surface area contributed by atoms with Crippen LogP contribution in [-0.4, -0.2) is 16.1 Å².